The van der Waals surface area contributed by atoms with Crippen molar-refractivity contribution in [3.8, 4) is 6.07 Å². The first kappa shape index (κ1) is 17.8. The van der Waals surface area contributed by atoms with Gasteiger partial charge in [-0.15, -0.1) is 0 Å². The van der Waals surface area contributed by atoms with Gasteiger partial charge in [0.25, 0.3) is 5.91 Å². The highest BCUT2D eigenvalue weighted by Crippen LogP contribution is 2.60. The van der Waals surface area contributed by atoms with Crippen LogP contribution in [0, 0.1) is 40.7 Å². The average molecular weight is 392 g/mol. The Morgan fingerprint density at radius 1 is 1.21 bits per heavy atom. The fourth-order valence-electron chi connectivity index (χ4n) is 4.83. The summed E-state index contributed by atoms with van der Waals surface area (Å²) in [6, 6.07) is 11.3. The molecular weight excluding hydrogens is 374 g/mol. The van der Waals surface area contributed by atoms with Gasteiger partial charge in [-0.2, -0.15) is 5.26 Å². The number of hydrogen-bond acceptors (Lipinski definition) is 3. The smallest absolute Gasteiger partial charge is 0.251 e. The monoisotopic (exact) mass is 392 g/mol. The molecule has 0 bridgehead atoms. The van der Waals surface area contributed by atoms with Gasteiger partial charge in [0.05, 0.1) is 29.0 Å². The Balaban J connectivity index is 1.20. The van der Waals surface area contributed by atoms with Gasteiger partial charge in [-0.25, -0.2) is 13.8 Å². The normalized spacial score (nSPS) is 24.9. The van der Waals surface area contributed by atoms with E-state index < -0.39 is 11.6 Å². The molecular formula is C22H18F2N4O. The van der Waals surface area contributed by atoms with Crippen molar-refractivity contribution in [2.45, 2.75) is 18.9 Å². The molecule has 29 heavy (non-hydrogen) atoms. The summed E-state index contributed by atoms with van der Waals surface area (Å²) in [5.74, 6) is -0.418. The number of halogens is 2. The van der Waals surface area contributed by atoms with Gasteiger partial charge in [0, 0.05) is 30.3 Å². The third-order valence-corrected chi connectivity index (χ3v) is 6.36. The molecule has 2 fully saturated rings. The molecule has 0 saturated heterocycles. The second-order valence-electron chi connectivity index (χ2n) is 7.93. The number of rotatable bonds is 4. The van der Waals surface area contributed by atoms with E-state index >= 15 is 0 Å². The lowest BCUT2D eigenvalue weighted by atomic mass is 10.1. The van der Waals surface area contributed by atoms with Gasteiger partial charge in [-0.05, 0) is 48.8 Å². The largest absolute Gasteiger partial charge is 0.352 e. The molecule has 0 spiro atoms. The number of hydrogen-bond donors (Lipinski definition) is 1. The Hall–Kier alpha value is -3.27. The van der Waals surface area contributed by atoms with Gasteiger partial charge >= 0.3 is 0 Å². The first-order chi connectivity index (χ1) is 14.0. The Kier molecular flexibility index (Phi) is 4.09. The molecule has 146 valence electrons. The zero-order valence-electron chi connectivity index (χ0n) is 15.5. The molecule has 5 rings (SSSR count). The van der Waals surface area contributed by atoms with Crippen molar-refractivity contribution in [1.29, 1.82) is 5.26 Å². The van der Waals surface area contributed by atoms with Crippen LogP contribution in [0.2, 0.25) is 0 Å². The van der Waals surface area contributed by atoms with E-state index in [4.69, 9.17) is 5.26 Å². The number of benzene rings is 2. The maximum absolute atomic E-state index is 13.6. The van der Waals surface area contributed by atoms with Crippen LogP contribution in [0.1, 0.15) is 34.8 Å². The summed E-state index contributed by atoms with van der Waals surface area (Å²) in [5.41, 5.74) is 2.05. The van der Waals surface area contributed by atoms with Gasteiger partial charge in [0.2, 0.25) is 0 Å². The minimum Gasteiger partial charge on any atom is -0.352 e. The minimum atomic E-state index is -0.881. The van der Waals surface area contributed by atoms with Crippen LogP contribution in [0.5, 0.6) is 0 Å². The zero-order valence-corrected chi connectivity index (χ0v) is 15.5. The standard InChI is InChI=1S/C22H18F2N4O/c23-18-7-20-21(8-19(18)24)28(11-27-20)14-5-15-16(6-14)17(15)10-26-22(29)13-3-1-2-12(4-13)9-25/h1-4,7-8,11,14-17H,5-6,10H2,(H,26,29)/t14?,15-,16+,17?. The summed E-state index contributed by atoms with van der Waals surface area (Å²) < 4.78 is 29.0. The Morgan fingerprint density at radius 3 is 2.72 bits per heavy atom. The maximum Gasteiger partial charge on any atom is 0.251 e. The Morgan fingerprint density at radius 2 is 1.97 bits per heavy atom. The highest BCUT2D eigenvalue weighted by Gasteiger charge is 2.56. The number of aromatic nitrogens is 2. The predicted molar refractivity (Wildman–Crippen MR) is 102 cm³/mol. The summed E-state index contributed by atoms with van der Waals surface area (Å²) in [7, 11) is 0. The van der Waals surface area contributed by atoms with Crippen molar-refractivity contribution < 1.29 is 13.6 Å². The Labute approximate surface area is 166 Å². The van der Waals surface area contributed by atoms with Gasteiger partial charge in [-0.1, -0.05) is 6.07 Å². The molecule has 4 atom stereocenters. The van der Waals surface area contributed by atoms with Crippen LogP contribution in [0.4, 0.5) is 8.78 Å². The molecule has 2 aromatic carbocycles. The summed E-state index contributed by atoms with van der Waals surface area (Å²) in [6.07, 6.45) is 3.55. The number of imidazole rings is 1. The predicted octanol–water partition coefficient (Wildman–Crippen LogP) is 3.81. The van der Waals surface area contributed by atoms with Crippen LogP contribution in [0.3, 0.4) is 0 Å². The van der Waals surface area contributed by atoms with Gasteiger partial charge < -0.3 is 9.88 Å². The van der Waals surface area contributed by atoms with Gasteiger partial charge in [0.15, 0.2) is 11.6 Å². The molecule has 2 aliphatic carbocycles. The summed E-state index contributed by atoms with van der Waals surface area (Å²) in [5, 5.41) is 11.9. The first-order valence-corrected chi connectivity index (χ1v) is 9.65. The third kappa shape index (κ3) is 3.05. The van der Waals surface area contributed by atoms with Crippen molar-refractivity contribution in [2.24, 2.45) is 17.8 Å². The van der Waals surface area contributed by atoms with Crippen molar-refractivity contribution in [3.05, 3.63) is 65.5 Å². The maximum atomic E-state index is 13.6. The Bertz CT molecular complexity index is 1150. The van der Waals surface area contributed by atoms with Crippen molar-refractivity contribution in [2.75, 3.05) is 6.54 Å². The SMILES string of the molecule is N#Cc1cccc(C(=O)NCC2[C@H]3CC(n4cnc5cc(F)c(F)cc54)C[C@@H]23)c1. The lowest BCUT2D eigenvalue weighted by Gasteiger charge is -2.17. The average Bonchev–Trinajstić information content (AvgIpc) is 3.06. The molecule has 3 aromatic rings. The highest BCUT2D eigenvalue weighted by molar-refractivity contribution is 5.94. The fraction of sp³-hybridized carbons (Fsp3) is 0.318. The van der Waals surface area contributed by atoms with E-state index in [2.05, 4.69) is 10.3 Å². The van der Waals surface area contributed by atoms with Crippen LogP contribution in [-0.4, -0.2) is 22.0 Å². The van der Waals surface area contributed by atoms with Gasteiger partial charge in [0.1, 0.15) is 0 Å². The van der Waals surface area contributed by atoms with E-state index in [0.717, 1.165) is 18.9 Å². The summed E-state index contributed by atoms with van der Waals surface area (Å²) in [6.45, 7) is 0.613. The van der Waals surface area contributed by atoms with E-state index in [1.807, 2.05) is 10.6 Å². The number of carbonyl (C=O) groups excluding carboxylic acids is 1. The number of carbonyl (C=O) groups is 1. The molecule has 1 aromatic heterocycles. The van der Waals surface area contributed by atoms with E-state index in [1.165, 1.54) is 6.07 Å². The summed E-state index contributed by atoms with van der Waals surface area (Å²) in [4.78, 5) is 16.5. The number of nitrogens with zero attached hydrogens (tertiary/aromatic N) is 3. The van der Waals surface area contributed by atoms with E-state index in [0.29, 0.717) is 46.5 Å². The minimum absolute atomic E-state index is 0.165. The van der Waals surface area contributed by atoms with E-state index in [-0.39, 0.29) is 11.9 Å². The molecule has 2 unspecified atom stereocenters. The molecule has 1 N–H and O–H groups in total. The first-order valence-electron chi connectivity index (χ1n) is 9.65. The van der Waals surface area contributed by atoms with Crippen molar-refractivity contribution in [1.82, 2.24) is 14.9 Å². The van der Waals surface area contributed by atoms with Crippen LogP contribution >= 0.6 is 0 Å². The van der Waals surface area contributed by atoms with Crippen LogP contribution in [0.15, 0.2) is 42.7 Å². The van der Waals surface area contributed by atoms with E-state index in [9.17, 15) is 13.6 Å². The number of nitrogens with one attached hydrogen (secondary N) is 1. The second-order valence-corrected chi connectivity index (χ2v) is 7.93. The van der Waals surface area contributed by atoms with Crippen molar-refractivity contribution >= 4 is 16.9 Å². The number of amides is 1. The molecule has 0 radical (unpaired) electrons. The van der Waals surface area contributed by atoms with Gasteiger partial charge in [-0.3, -0.25) is 4.79 Å². The topological polar surface area (TPSA) is 70.7 Å². The lowest BCUT2D eigenvalue weighted by Crippen LogP contribution is -2.27. The van der Waals surface area contributed by atoms with Crippen LogP contribution in [0.25, 0.3) is 11.0 Å². The molecule has 7 heteroatoms. The molecule has 1 heterocycles. The lowest BCUT2D eigenvalue weighted by molar-refractivity contribution is 0.0950. The zero-order chi connectivity index (χ0) is 20.1. The molecule has 5 nitrogen and oxygen atoms in total. The van der Waals surface area contributed by atoms with Crippen LogP contribution < -0.4 is 5.32 Å². The van der Waals surface area contributed by atoms with Crippen LogP contribution in [-0.2, 0) is 0 Å². The van der Waals surface area contributed by atoms with E-state index in [1.54, 1.807) is 30.6 Å². The molecule has 2 aliphatic rings. The summed E-state index contributed by atoms with van der Waals surface area (Å²) >= 11 is 0. The van der Waals surface area contributed by atoms with Crippen molar-refractivity contribution in [3.63, 3.8) is 0 Å². The fourth-order valence-corrected chi connectivity index (χ4v) is 4.83. The quantitative estimate of drug-likeness (QED) is 0.734. The highest BCUT2D eigenvalue weighted by atomic mass is 19.2. The number of nitriles is 1. The molecule has 0 aliphatic heterocycles. The second kappa shape index (κ2) is 6.66. The molecule has 1 amide bonds. The third-order valence-electron chi connectivity index (χ3n) is 6.36. The number of fused-ring (bicyclic) bond motifs is 2. The molecule has 2 saturated carbocycles.